The number of aliphatic hydroxyl groups is 1. The lowest BCUT2D eigenvalue weighted by molar-refractivity contribution is -0.148. The highest BCUT2D eigenvalue weighted by atomic mass is 33.1. The van der Waals surface area contributed by atoms with E-state index in [1.807, 2.05) is 6.92 Å². The quantitative estimate of drug-likeness (QED) is 0.0129. The van der Waals surface area contributed by atoms with Crippen molar-refractivity contribution < 1.29 is 91.4 Å². The van der Waals surface area contributed by atoms with Crippen molar-refractivity contribution in [2.24, 2.45) is 40.5 Å². The Kier molecular flexibility index (Phi) is 50.6. The zero-order valence-electron chi connectivity index (χ0n) is 80.7. The molecule has 138 heavy (non-hydrogen) atoms. The number of carbonyl (C=O) groups excluding carboxylic acids is 18. The smallest absolute Gasteiger partial charge is 0.246 e. The molecule has 5 aliphatic rings. The first kappa shape index (κ1) is 116. The van der Waals surface area contributed by atoms with Gasteiger partial charge in [0, 0.05) is 64.1 Å². The second kappa shape index (κ2) is 60.2. The fourth-order valence-corrected chi connectivity index (χ4v) is 19.9. The van der Waals surface area contributed by atoms with Crippen LogP contribution in [0.25, 0.3) is 0 Å². The van der Waals surface area contributed by atoms with E-state index in [1.54, 1.807) is 64.3 Å². The number of primary amides is 1. The van der Waals surface area contributed by atoms with E-state index in [2.05, 4.69) is 79.8 Å². The molecule has 0 radical (unpaired) electrons. The minimum Gasteiger partial charge on any atom is -0.394 e. The van der Waals surface area contributed by atoms with Gasteiger partial charge in [-0.3, -0.25) is 97.1 Å². The summed E-state index contributed by atoms with van der Waals surface area (Å²) in [6.07, 6.45) is 5.65. The molecule has 772 valence electrons. The molecule has 1 aromatic rings. The van der Waals surface area contributed by atoms with Crippen molar-refractivity contribution in [2.45, 2.75) is 312 Å². The molecule has 17 atom stereocenters. The highest BCUT2D eigenvalue weighted by molar-refractivity contribution is 8.76. The van der Waals surface area contributed by atoms with Gasteiger partial charge in [-0.05, 0) is 191 Å². The van der Waals surface area contributed by atoms with Crippen LogP contribution in [0.5, 0.6) is 0 Å². The molecule has 1 unspecified atom stereocenters. The number of rotatable bonds is 41. The van der Waals surface area contributed by atoms with E-state index >= 15 is 33.6 Å². The van der Waals surface area contributed by atoms with Gasteiger partial charge >= 0.3 is 0 Å². The first-order valence-electron chi connectivity index (χ1n) is 48.1. The van der Waals surface area contributed by atoms with Crippen LogP contribution in [0.4, 0.5) is 0 Å². The molecular formula is C90H150N26O19S3. The molecule has 0 spiro atoms. The average molecular weight is 2000 g/mol. The summed E-state index contributed by atoms with van der Waals surface area (Å²) in [6.45, 7) is 11.3. The molecule has 45 nitrogen and oxygen atoms in total. The molecular weight excluding hydrogens is 1850 g/mol. The lowest BCUT2D eigenvalue weighted by Gasteiger charge is -2.33. The van der Waals surface area contributed by atoms with E-state index in [1.165, 1.54) is 45.2 Å². The van der Waals surface area contributed by atoms with Crippen LogP contribution in [0.2, 0.25) is 0 Å². The topological polar surface area (TPSA) is 699 Å². The first-order valence-corrected chi connectivity index (χ1v) is 52.0. The Balaban J connectivity index is 1.47. The average Bonchev–Trinajstić information content (AvgIpc) is 1.65. The Labute approximate surface area is 819 Å². The number of hydrogen-bond acceptors (Lipinski definition) is 26. The second-order valence-electron chi connectivity index (χ2n) is 36.3. The van der Waals surface area contributed by atoms with Crippen LogP contribution < -0.4 is 108 Å². The first-order chi connectivity index (χ1) is 65.8. The van der Waals surface area contributed by atoms with Crippen LogP contribution in [0.1, 0.15) is 208 Å². The van der Waals surface area contributed by atoms with Gasteiger partial charge < -0.3 is 133 Å². The SMILES string of the molecule is CCCC[C@@H]1NC(=O)[C@H](CCCCN)NC(=O)[C@H](CCCNC(=N)N)NC(=O)[C@H](CC(C)C)NC(=O)[C@@H](NC(=O)[C@H](CCSC)NC(=O)[C@@H]2CCCN2C(=O)[C@@H](NC(C)=O)C(C)C)CCSSC[C@@H](C(=O)N[C@@H](CCCCN)C(=O)N2CCC[C@H]2C(=O)N2CCC[C@H]2C(=O)N[C@@H](CCCNC(=N)N)C(N)=O)NC(=O)[C@H](Cc2ccccc2)NC(=O)[C@H](CO)NC(=O)C(C)NC(=O)[C@@H]2CCCN2C1=O. The predicted octanol–water partition coefficient (Wildman–Crippen LogP) is -3.77. The fourth-order valence-electron chi connectivity index (χ4n) is 17.1. The number of unbranched alkanes of at least 4 members (excludes halogenated alkanes) is 3. The maximum absolute atomic E-state index is 15.6. The number of hydrogen-bond donors (Lipinski definition) is 23. The van der Waals surface area contributed by atoms with Gasteiger partial charge in [0.25, 0.3) is 0 Å². The third kappa shape index (κ3) is 37.4. The van der Waals surface area contributed by atoms with Gasteiger partial charge in [0.1, 0.15) is 103 Å². The lowest BCUT2D eigenvalue weighted by Crippen LogP contribution is -2.61. The monoisotopic (exact) mass is 2000 g/mol. The molecule has 28 N–H and O–H groups in total. The third-order valence-electron chi connectivity index (χ3n) is 24.6. The van der Waals surface area contributed by atoms with Crippen LogP contribution in [0.3, 0.4) is 0 Å². The number of amides is 18. The normalized spacial score (nSPS) is 24.2. The van der Waals surface area contributed by atoms with Crippen LogP contribution in [-0.2, 0) is 92.7 Å². The zero-order chi connectivity index (χ0) is 102. The third-order valence-corrected chi connectivity index (χ3v) is 27.7. The van der Waals surface area contributed by atoms with Gasteiger partial charge in [-0.2, -0.15) is 11.8 Å². The van der Waals surface area contributed by atoms with Crippen molar-refractivity contribution in [3.8, 4) is 0 Å². The summed E-state index contributed by atoms with van der Waals surface area (Å²) in [7, 11) is 2.00. The Bertz CT molecular complexity index is 4300. The molecule has 0 saturated carbocycles. The van der Waals surface area contributed by atoms with E-state index in [9.17, 15) is 57.8 Å². The lowest BCUT2D eigenvalue weighted by atomic mass is 10.0. The maximum Gasteiger partial charge on any atom is 0.246 e. The summed E-state index contributed by atoms with van der Waals surface area (Å²) in [5.41, 5.74) is 29.2. The fraction of sp³-hybridized carbons (Fsp3) is 0.711. The molecule has 48 heteroatoms. The van der Waals surface area contributed by atoms with Crippen molar-refractivity contribution in [1.82, 2.24) is 99.4 Å². The molecule has 6 rings (SSSR count). The van der Waals surface area contributed by atoms with Crippen LogP contribution in [0, 0.1) is 22.7 Å². The Morgan fingerprint density at radius 3 is 1.64 bits per heavy atom. The Morgan fingerprint density at radius 2 is 1.05 bits per heavy atom. The molecule has 5 aliphatic heterocycles. The van der Waals surface area contributed by atoms with E-state index in [0.717, 1.165) is 21.6 Å². The van der Waals surface area contributed by atoms with Crippen LogP contribution in [0.15, 0.2) is 30.3 Å². The molecule has 0 aliphatic carbocycles. The largest absolute Gasteiger partial charge is 0.394 e. The molecule has 5 fully saturated rings. The Hall–Kier alpha value is -10.9. The van der Waals surface area contributed by atoms with Gasteiger partial charge in [-0.1, -0.05) is 99.4 Å². The molecule has 1 aromatic carbocycles. The van der Waals surface area contributed by atoms with Gasteiger partial charge in [-0.15, -0.1) is 0 Å². The van der Waals surface area contributed by atoms with Crippen molar-refractivity contribution in [1.29, 1.82) is 10.8 Å². The second-order valence-corrected chi connectivity index (χ2v) is 40.0. The predicted molar refractivity (Wildman–Crippen MR) is 522 cm³/mol. The molecule has 5 heterocycles. The van der Waals surface area contributed by atoms with Gasteiger partial charge in [-0.25, -0.2) is 0 Å². The van der Waals surface area contributed by atoms with Crippen molar-refractivity contribution in [3.05, 3.63) is 35.9 Å². The molecule has 0 bridgehead atoms. The summed E-state index contributed by atoms with van der Waals surface area (Å²) < 4.78 is 0. The molecule has 18 amide bonds. The van der Waals surface area contributed by atoms with E-state index < -0.39 is 222 Å². The summed E-state index contributed by atoms with van der Waals surface area (Å²) >= 11 is 1.34. The number of nitrogens with two attached hydrogens (primary N) is 5. The number of guanidine groups is 2. The summed E-state index contributed by atoms with van der Waals surface area (Å²) in [5.74, 6) is -16.0. The number of aliphatic hydroxyl groups excluding tert-OH is 1. The van der Waals surface area contributed by atoms with E-state index in [0.29, 0.717) is 56.9 Å². The minimum atomic E-state index is -1.82. The maximum atomic E-state index is 15.6. The highest BCUT2D eigenvalue weighted by Crippen LogP contribution is 2.30. The standard InChI is InChI=1S/C90H150N26O19S3/c1-9-10-26-61-85(132)113-41-20-31-67(113)82(129)100-53(6)73(120)111-65(49-117)80(127)110-64(48-55-24-12-11-13-25-55)79(126)112-66(81(128)108-62(28-15-17-38-92)86(133)116-44-23-34-70(116)87(134)114-42-21-32-68(114)83(130)102-56(72(93)119)29-18-39-98-89(94)95)50-138-137-46-36-60(105-76(123)59(35-45-136-8)106-84(131)69-33-22-43-115(69)88(135)71(52(4)5)101-54(7)118)77(124)109-63(47-51(2)3)78(125)104-58(30-19-40-99-90(96)97)74(121)103-57(75(122)107-61)27-14-16-37-91/h11-13,24-25,51-53,56-71,117H,9-10,14-23,26-50,91-92H2,1-8H3,(H2,93,119)(H,100,129)(H,101,118)(H,102,130)(H,103,121)(H,104,125)(H,105,123)(H,106,131)(H,107,122)(H,108,128)(H,109,124)(H,110,127)(H,111,120)(H,112,126)(H4,94,95,98)(H4,96,97,99)/t53?,56-,57-,58-,59-,60-,61-,62-,63-,64-,65-,66-,67-,68-,69-,70-,71-/m0/s1. The molecule has 5 saturated heterocycles. The van der Waals surface area contributed by atoms with Crippen molar-refractivity contribution in [3.63, 3.8) is 0 Å². The number of nitrogens with zero attached hydrogens (tertiary/aromatic N) is 4. The van der Waals surface area contributed by atoms with Crippen molar-refractivity contribution >= 4 is 152 Å². The number of benzene rings is 1. The van der Waals surface area contributed by atoms with E-state index in [4.69, 9.17) is 39.5 Å². The number of likely N-dealkylation sites (tertiary alicyclic amines) is 3. The number of nitrogens with one attached hydrogen (secondary N) is 17. The van der Waals surface area contributed by atoms with Crippen molar-refractivity contribution in [2.75, 3.05) is 82.5 Å². The van der Waals surface area contributed by atoms with Gasteiger partial charge in [0.05, 0.1) is 6.61 Å². The molecule has 0 aromatic heterocycles. The summed E-state index contributed by atoms with van der Waals surface area (Å²) in [5, 5.41) is 67.1. The van der Waals surface area contributed by atoms with Crippen LogP contribution >= 0.6 is 33.3 Å². The Morgan fingerprint density at radius 1 is 0.529 bits per heavy atom. The van der Waals surface area contributed by atoms with Gasteiger partial charge in [0.2, 0.25) is 106 Å². The summed E-state index contributed by atoms with van der Waals surface area (Å²) in [6, 6.07) is -15.0. The minimum absolute atomic E-state index is 0.0147. The van der Waals surface area contributed by atoms with Crippen LogP contribution in [-0.4, -0.2) is 328 Å². The summed E-state index contributed by atoms with van der Waals surface area (Å²) in [4.78, 5) is 269. The van der Waals surface area contributed by atoms with Gasteiger partial charge in [0.15, 0.2) is 11.9 Å². The number of fused-ring (bicyclic) bond motifs is 1. The highest BCUT2D eigenvalue weighted by Gasteiger charge is 2.47. The van der Waals surface area contributed by atoms with E-state index in [-0.39, 0.29) is 197 Å². The zero-order valence-corrected chi connectivity index (χ0v) is 83.2. The number of thioether (sulfide) groups is 1. The number of carbonyl (C=O) groups is 18.